The molecule has 4 heterocycles. The molecule has 0 saturated carbocycles. The molecule has 0 N–H and O–H groups in total. The minimum atomic E-state index is 0.478. The van der Waals surface area contributed by atoms with Gasteiger partial charge in [0, 0.05) is 19.0 Å². The second-order valence-electron chi connectivity index (χ2n) is 6.86. The lowest BCUT2D eigenvalue weighted by Crippen LogP contribution is -2.33. The number of fused-ring (bicyclic) bond motifs is 1. The fourth-order valence-electron chi connectivity index (χ4n) is 3.62. The molecule has 0 bridgehead atoms. The third-order valence-corrected chi connectivity index (χ3v) is 6.38. The van der Waals surface area contributed by atoms with Crippen molar-refractivity contribution in [2.75, 3.05) is 18.0 Å². The first-order chi connectivity index (χ1) is 13.8. The Morgan fingerprint density at radius 1 is 1.04 bits per heavy atom. The molecule has 1 aliphatic heterocycles. The number of para-hydroxylation sites is 1. The number of piperidine rings is 1. The molecule has 9 heteroatoms. The first-order valence-corrected chi connectivity index (χ1v) is 10.3. The molecular weight excluding hydrogens is 372 g/mol. The maximum Gasteiger partial charge on any atom is 0.189 e. The Hall–Kier alpha value is -2.94. The van der Waals surface area contributed by atoms with Gasteiger partial charge in [-0.3, -0.25) is 0 Å². The zero-order valence-electron chi connectivity index (χ0n) is 15.6. The van der Waals surface area contributed by atoms with E-state index in [1.54, 1.807) is 22.3 Å². The molecule has 1 fully saturated rings. The summed E-state index contributed by atoms with van der Waals surface area (Å²) < 4.78 is 1.76. The molecule has 0 amide bonds. The van der Waals surface area contributed by atoms with E-state index < -0.39 is 0 Å². The summed E-state index contributed by atoms with van der Waals surface area (Å²) in [6, 6.07) is 9.93. The Balaban J connectivity index is 1.39. The number of nitrogens with zero attached hydrogens (tertiary/aromatic N) is 8. The summed E-state index contributed by atoms with van der Waals surface area (Å²) >= 11 is 1.75. The third-order valence-electron chi connectivity index (χ3n) is 5.15. The van der Waals surface area contributed by atoms with Crippen LogP contribution in [-0.2, 0) is 6.42 Å². The van der Waals surface area contributed by atoms with Crippen molar-refractivity contribution in [3.8, 4) is 5.69 Å². The van der Waals surface area contributed by atoms with Gasteiger partial charge in [0.05, 0.1) is 5.69 Å². The van der Waals surface area contributed by atoms with E-state index in [0.29, 0.717) is 5.92 Å². The van der Waals surface area contributed by atoms with Gasteiger partial charge in [0.25, 0.3) is 0 Å². The topological polar surface area (TPSA) is 85.5 Å². The summed E-state index contributed by atoms with van der Waals surface area (Å²) in [5, 5.41) is 19.7. The predicted molar refractivity (Wildman–Crippen MR) is 108 cm³/mol. The molecule has 0 atom stereocenters. The lowest BCUT2D eigenvalue weighted by atomic mass is 9.97. The van der Waals surface area contributed by atoms with Crippen LogP contribution in [0.25, 0.3) is 16.9 Å². The van der Waals surface area contributed by atoms with Crippen molar-refractivity contribution in [1.29, 1.82) is 0 Å². The Morgan fingerprint density at radius 2 is 1.86 bits per heavy atom. The van der Waals surface area contributed by atoms with Crippen LogP contribution in [0.2, 0.25) is 0 Å². The summed E-state index contributed by atoms with van der Waals surface area (Å²) in [6.07, 6.45) is 4.63. The lowest BCUT2D eigenvalue weighted by molar-refractivity contribution is 0.499. The van der Waals surface area contributed by atoms with Crippen molar-refractivity contribution < 1.29 is 0 Å². The first kappa shape index (κ1) is 17.2. The zero-order chi connectivity index (χ0) is 18.9. The number of rotatable bonds is 4. The van der Waals surface area contributed by atoms with Crippen LogP contribution in [0, 0.1) is 0 Å². The van der Waals surface area contributed by atoms with E-state index in [0.717, 1.165) is 60.0 Å². The Kier molecular flexibility index (Phi) is 4.44. The summed E-state index contributed by atoms with van der Waals surface area (Å²) in [7, 11) is 0. The molecule has 0 aliphatic carbocycles. The molecule has 0 radical (unpaired) electrons. The summed E-state index contributed by atoms with van der Waals surface area (Å²) in [4.78, 5) is 11.2. The molecular formula is C19H20N8S. The molecule has 0 spiro atoms. The fourth-order valence-corrected chi connectivity index (χ4v) is 4.58. The third kappa shape index (κ3) is 3.01. The van der Waals surface area contributed by atoms with Gasteiger partial charge in [0.2, 0.25) is 0 Å². The highest BCUT2D eigenvalue weighted by molar-refractivity contribution is 7.11. The van der Waals surface area contributed by atoms with Crippen molar-refractivity contribution in [3.63, 3.8) is 0 Å². The van der Waals surface area contributed by atoms with Gasteiger partial charge in [-0.05, 0) is 31.4 Å². The minimum Gasteiger partial charge on any atom is -0.355 e. The van der Waals surface area contributed by atoms with E-state index in [2.05, 4.69) is 42.3 Å². The smallest absolute Gasteiger partial charge is 0.189 e. The van der Waals surface area contributed by atoms with E-state index in [1.807, 2.05) is 30.3 Å². The summed E-state index contributed by atoms with van der Waals surface area (Å²) in [6.45, 7) is 3.95. The Morgan fingerprint density at radius 3 is 2.61 bits per heavy atom. The quantitative estimate of drug-likeness (QED) is 0.528. The van der Waals surface area contributed by atoms with Gasteiger partial charge in [0.15, 0.2) is 17.0 Å². The number of aryl methyl sites for hydroxylation is 1. The average Bonchev–Trinajstić information content (AvgIpc) is 3.41. The number of anilines is 1. The van der Waals surface area contributed by atoms with Crippen LogP contribution in [-0.4, -0.2) is 48.2 Å². The summed E-state index contributed by atoms with van der Waals surface area (Å²) in [5.74, 6) is 1.34. The van der Waals surface area contributed by atoms with Gasteiger partial charge >= 0.3 is 0 Å². The van der Waals surface area contributed by atoms with E-state index in [9.17, 15) is 0 Å². The van der Waals surface area contributed by atoms with Gasteiger partial charge in [-0.1, -0.05) is 30.3 Å². The van der Waals surface area contributed by atoms with Gasteiger partial charge < -0.3 is 4.90 Å². The van der Waals surface area contributed by atoms with Gasteiger partial charge in [-0.15, -0.1) is 26.6 Å². The Bertz CT molecular complexity index is 1080. The number of benzene rings is 1. The molecule has 1 saturated heterocycles. The van der Waals surface area contributed by atoms with Crippen LogP contribution in [0.4, 0.5) is 5.82 Å². The van der Waals surface area contributed by atoms with Gasteiger partial charge in [-0.25, -0.2) is 9.97 Å². The normalized spacial score (nSPS) is 15.4. The van der Waals surface area contributed by atoms with Crippen LogP contribution in [0.15, 0.2) is 36.7 Å². The number of hydrogen-bond donors (Lipinski definition) is 0. The molecule has 4 aromatic rings. The van der Waals surface area contributed by atoms with Crippen molar-refractivity contribution in [2.45, 2.75) is 32.1 Å². The standard InChI is InChI=1S/C19H20N8S/c1-2-15-22-24-19(28-15)13-8-10-26(11-9-13)17-16-18(21-12-20-17)27(25-23-16)14-6-4-3-5-7-14/h3-7,12-13H,2,8-11H2,1H3. The summed E-state index contributed by atoms with van der Waals surface area (Å²) in [5.41, 5.74) is 2.42. The van der Waals surface area contributed by atoms with E-state index >= 15 is 0 Å². The van der Waals surface area contributed by atoms with Crippen LogP contribution in [0.3, 0.4) is 0 Å². The number of hydrogen-bond acceptors (Lipinski definition) is 8. The highest BCUT2D eigenvalue weighted by Gasteiger charge is 2.26. The predicted octanol–water partition coefficient (Wildman–Crippen LogP) is 3.01. The first-order valence-electron chi connectivity index (χ1n) is 9.52. The van der Waals surface area contributed by atoms with Crippen molar-refractivity contribution >= 4 is 28.3 Å². The second kappa shape index (κ2) is 7.23. The Labute approximate surface area is 166 Å². The molecule has 28 heavy (non-hydrogen) atoms. The molecule has 8 nitrogen and oxygen atoms in total. The van der Waals surface area contributed by atoms with E-state index in [-0.39, 0.29) is 0 Å². The highest BCUT2D eigenvalue weighted by Crippen LogP contribution is 2.33. The fraction of sp³-hybridized carbons (Fsp3) is 0.368. The molecule has 1 aliphatic rings. The molecule has 0 unspecified atom stereocenters. The van der Waals surface area contributed by atoms with Gasteiger partial charge in [-0.2, -0.15) is 4.68 Å². The van der Waals surface area contributed by atoms with Crippen LogP contribution in [0.1, 0.15) is 35.7 Å². The van der Waals surface area contributed by atoms with Crippen LogP contribution < -0.4 is 4.90 Å². The van der Waals surface area contributed by atoms with Gasteiger partial charge in [0.1, 0.15) is 16.3 Å². The van der Waals surface area contributed by atoms with Crippen LogP contribution in [0.5, 0.6) is 0 Å². The molecule has 1 aromatic carbocycles. The maximum atomic E-state index is 4.53. The molecule has 142 valence electrons. The largest absolute Gasteiger partial charge is 0.355 e. The molecule has 5 rings (SSSR count). The zero-order valence-corrected chi connectivity index (χ0v) is 16.4. The van der Waals surface area contributed by atoms with E-state index in [4.69, 9.17) is 0 Å². The maximum absolute atomic E-state index is 4.53. The minimum absolute atomic E-state index is 0.478. The van der Waals surface area contributed by atoms with Crippen molar-refractivity contribution in [3.05, 3.63) is 46.7 Å². The molecule has 3 aromatic heterocycles. The average molecular weight is 392 g/mol. The van der Waals surface area contributed by atoms with E-state index in [1.165, 1.54) is 5.01 Å². The van der Waals surface area contributed by atoms with Crippen molar-refractivity contribution in [1.82, 2.24) is 35.2 Å². The van der Waals surface area contributed by atoms with Crippen molar-refractivity contribution in [2.24, 2.45) is 0 Å². The monoisotopic (exact) mass is 392 g/mol. The second-order valence-corrected chi connectivity index (χ2v) is 7.95. The SMILES string of the molecule is CCc1nnc(C2CCN(c3ncnc4c3nnn4-c3ccccc3)CC2)s1. The van der Waals surface area contributed by atoms with Crippen LogP contribution >= 0.6 is 11.3 Å². The lowest BCUT2D eigenvalue weighted by Gasteiger charge is -2.31. The number of aromatic nitrogens is 7. The highest BCUT2D eigenvalue weighted by atomic mass is 32.1.